The van der Waals surface area contributed by atoms with Crippen LogP contribution in [0.4, 0.5) is 0 Å². The first-order chi connectivity index (χ1) is 8.16. The average Bonchev–Trinajstić information content (AvgIpc) is 2.20. The van der Waals surface area contributed by atoms with Crippen LogP contribution >= 0.6 is 0 Å². The van der Waals surface area contributed by atoms with E-state index in [-0.39, 0.29) is 5.78 Å². The first-order valence-electron chi connectivity index (χ1n) is 5.83. The third kappa shape index (κ3) is 5.12. The second-order valence-electron chi connectivity index (χ2n) is 4.99. The van der Waals surface area contributed by atoms with Crippen molar-refractivity contribution < 1.29 is 4.79 Å². The Morgan fingerprint density at radius 3 is 1.00 bits per heavy atom. The molecule has 0 aliphatic rings. The molecule has 0 aliphatic carbocycles. The molecule has 0 spiro atoms. The average molecular weight is 254 g/mol. The van der Waals surface area contributed by atoms with Gasteiger partial charge in [0.1, 0.15) is 11.6 Å². The lowest BCUT2D eigenvalue weighted by Gasteiger charge is -2.25. The van der Waals surface area contributed by atoms with Gasteiger partial charge in [-0.25, -0.2) is 0 Å². The second kappa shape index (κ2) is 6.93. The molecular formula is C13H26N4O. The van der Waals surface area contributed by atoms with Crippen LogP contribution in [0, 0.1) is 0 Å². The van der Waals surface area contributed by atoms with E-state index in [1.807, 2.05) is 76.0 Å². The zero-order valence-corrected chi connectivity index (χ0v) is 12.9. The van der Waals surface area contributed by atoms with Crippen molar-refractivity contribution in [3.8, 4) is 0 Å². The Labute approximate surface area is 111 Å². The van der Waals surface area contributed by atoms with Crippen molar-refractivity contribution in [2.75, 3.05) is 56.4 Å². The molecule has 5 heteroatoms. The van der Waals surface area contributed by atoms with Gasteiger partial charge < -0.3 is 19.6 Å². The Hall–Kier alpha value is -1.65. The van der Waals surface area contributed by atoms with Gasteiger partial charge in [0.2, 0.25) is 0 Å². The molecule has 104 valence electrons. The molecule has 0 rings (SSSR count). The molecule has 18 heavy (non-hydrogen) atoms. The SMILES string of the molecule is CN(C)C(=CC(=O)C=C(N(C)C)N(C)C)N(C)C. The van der Waals surface area contributed by atoms with Crippen LogP contribution in [0.3, 0.4) is 0 Å². The molecule has 0 bridgehead atoms. The minimum absolute atomic E-state index is 0.0233. The summed E-state index contributed by atoms with van der Waals surface area (Å²) in [5.74, 6) is 1.71. The zero-order valence-electron chi connectivity index (χ0n) is 12.9. The number of rotatable bonds is 6. The molecule has 0 heterocycles. The van der Waals surface area contributed by atoms with Crippen molar-refractivity contribution >= 4 is 5.78 Å². The summed E-state index contributed by atoms with van der Waals surface area (Å²) in [5, 5.41) is 0. The maximum absolute atomic E-state index is 12.0. The summed E-state index contributed by atoms with van der Waals surface area (Å²) in [6.45, 7) is 0. The number of hydrogen-bond acceptors (Lipinski definition) is 5. The highest BCUT2D eigenvalue weighted by molar-refractivity contribution is 5.99. The van der Waals surface area contributed by atoms with Crippen LogP contribution in [0.2, 0.25) is 0 Å². The van der Waals surface area contributed by atoms with Crippen molar-refractivity contribution in [3.63, 3.8) is 0 Å². The number of hydrogen-bond donors (Lipinski definition) is 0. The molecule has 0 atom stereocenters. The monoisotopic (exact) mass is 254 g/mol. The lowest BCUT2D eigenvalue weighted by atomic mass is 10.3. The molecule has 0 saturated heterocycles. The lowest BCUT2D eigenvalue weighted by molar-refractivity contribution is -0.110. The van der Waals surface area contributed by atoms with Crippen molar-refractivity contribution in [1.82, 2.24) is 19.6 Å². The van der Waals surface area contributed by atoms with Crippen LogP contribution in [0.25, 0.3) is 0 Å². The summed E-state index contributed by atoms with van der Waals surface area (Å²) in [6, 6.07) is 0. The van der Waals surface area contributed by atoms with Gasteiger partial charge in [-0.15, -0.1) is 0 Å². The highest BCUT2D eigenvalue weighted by atomic mass is 16.1. The quantitative estimate of drug-likeness (QED) is 0.644. The third-order valence-corrected chi connectivity index (χ3v) is 2.38. The molecule has 0 N–H and O–H groups in total. The minimum Gasteiger partial charge on any atom is -0.364 e. The van der Waals surface area contributed by atoms with E-state index < -0.39 is 0 Å². The van der Waals surface area contributed by atoms with Crippen LogP contribution in [-0.2, 0) is 4.79 Å². The number of carbonyl (C=O) groups excluding carboxylic acids is 1. The highest BCUT2D eigenvalue weighted by Crippen LogP contribution is 2.06. The van der Waals surface area contributed by atoms with Gasteiger partial charge in [0.25, 0.3) is 0 Å². The molecule has 0 aromatic heterocycles. The minimum atomic E-state index is -0.0233. The zero-order chi connectivity index (χ0) is 14.5. The molecule has 0 aromatic carbocycles. The predicted molar refractivity (Wildman–Crippen MR) is 75.9 cm³/mol. The van der Waals surface area contributed by atoms with Gasteiger partial charge in [0.15, 0.2) is 5.78 Å². The van der Waals surface area contributed by atoms with Gasteiger partial charge in [0.05, 0.1) is 0 Å². The Balaban J connectivity index is 5.16. The maximum atomic E-state index is 12.0. The molecule has 0 aliphatic heterocycles. The summed E-state index contributed by atoms with van der Waals surface area (Å²) < 4.78 is 0. The van der Waals surface area contributed by atoms with Gasteiger partial charge >= 0.3 is 0 Å². The van der Waals surface area contributed by atoms with E-state index in [2.05, 4.69) is 0 Å². The van der Waals surface area contributed by atoms with Gasteiger partial charge in [-0.05, 0) is 0 Å². The second-order valence-corrected chi connectivity index (χ2v) is 4.99. The molecule has 5 nitrogen and oxygen atoms in total. The number of nitrogens with zero attached hydrogens (tertiary/aromatic N) is 4. The van der Waals surface area contributed by atoms with E-state index in [4.69, 9.17) is 0 Å². The van der Waals surface area contributed by atoms with Crippen molar-refractivity contribution in [2.24, 2.45) is 0 Å². The van der Waals surface area contributed by atoms with Crippen LogP contribution in [0.1, 0.15) is 0 Å². The fourth-order valence-corrected chi connectivity index (χ4v) is 1.61. The standard InChI is InChI=1S/C13H26N4O/c1-14(2)12(15(3)4)9-11(18)10-13(16(5)6)17(7)8/h9-10H,1-8H3. The third-order valence-electron chi connectivity index (χ3n) is 2.38. The predicted octanol–water partition coefficient (Wildman–Crippen LogP) is 0.485. The van der Waals surface area contributed by atoms with Crippen molar-refractivity contribution in [3.05, 3.63) is 23.8 Å². The van der Waals surface area contributed by atoms with E-state index in [0.717, 1.165) is 11.6 Å². The van der Waals surface area contributed by atoms with Crippen LogP contribution < -0.4 is 0 Å². The van der Waals surface area contributed by atoms with Gasteiger partial charge in [0, 0.05) is 68.5 Å². The Kier molecular flexibility index (Phi) is 6.30. The maximum Gasteiger partial charge on any atom is 0.185 e. The summed E-state index contributed by atoms with van der Waals surface area (Å²) in [6.07, 6.45) is 3.26. The Morgan fingerprint density at radius 2 is 0.833 bits per heavy atom. The molecule has 0 amide bonds. The number of carbonyl (C=O) groups is 1. The molecular weight excluding hydrogens is 228 g/mol. The topological polar surface area (TPSA) is 30.0 Å². The van der Waals surface area contributed by atoms with Crippen LogP contribution in [0.5, 0.6) is 0 Å². The molecule has 0 radical (unpaired) electrons. The van der Waals surface area contributed by atoms with Gasteiger partial charge in [-0.2, -0.15) is 0 Å². The normalized spacial score (nSPS) is 9.33. The first kappa shape index (κ1) is 16.4. The highest BCUT2D eigenvalue weighted by Gasteiger charge is 2.08. The van der Waals surface area contributed by atoms with Crippen LogP contribution in [-0.4, -0.2) is 81.8 Å². The summed E-state index contributed by atoms with van der Waals surface area (Å²) in [7, 11) is 15.3. The van der Waals surface area contributed by atoms with Crippen LogP contribution in [0.15, 0.2) is 23.8 Å². The fraction of sp³-hybridized carbons (Fsp3) is 0.615. The fourth-order valence-electron chi connectivity index (χ4n) is 1.61. The Bertz CT molecular complexity index is 289. The van der Waals surface area contributed by atoms with Gasteiger partial charge in [-0.1, -0.05) is 0 Å². The summed E-state index contributed by atoms with van der Waals surface area (Å²) >= 11 is 0. The first-order valence-corrected chi connectivity index (χ1v) is 5.83. The Morgan fingerprint density at radius 1 is 0.611 bits per heavy atom. The largest absolute Gasteiger partial charge is 0.364 e. The number of ketones is 1. The van der Waals surface area contributed by atoms with Gasteiger partial charge in [-0.3, -0.25) is 4.79 Å². The van der Waals surface area contributed by atoms with E-state index >= 15 is 0 Å². The smallest absolute Gasteiger partial charge is 0.185 e. The molecule has 0 unspecified atom stereocenters. The molecule has 0 aromatic rings. The van der Waals surface area contributed by atoms with Crippen molar-refractivity contribution in [1.29, 1.82) is 0 Å². The van der Waals surface area contributed by atoms with Crippen molar-refractivity contribution in [2.45, 2.75) is 0 Å². The lowest BCUT2D eigenvalue weighted by Crippen LogP contribution is -2.27. The summed E-state index contributed by atoms with van der Waals surface area (Å²) in [5.41, 5.74) is 0. The summed E-state index contributed by atoms with van der Waals surface area (Å²) in [4.78, 5) is 19.7. The van der Waals surface area contributed by atoms with E-state index in [1.165, 1.54) is 0 Å². The molecule has 0 fully saturated rings. The van der Waals surface area contributed by atoms with E-state index in [9.17, 15) is 4.79 Å². The number of allylic oxidation sites excluding steroid dienone is 2. The molecule has 0 saturated carbocycles. The van der Waals surface area contributed by atoms with E-state index in [1.54, 1.807) is 12.2 Å². The van der Waals surface area contributed by atoms with E-state index in [0.29, 0.717) is 0 Å².